The van der Waals surface area contributed by atoms with Crippen LogP contribution in [-0.4, -0.2) is 31.4 Å². The first-order valence-corrected chi connectivity index (χ1v) is 10.5. The van der Waals surface area contributed by atoms with Crippen molar-refractivity contribution < 1.29 is 4.79 Å². The van der Waals surface area contributed by atoms with Crippen molar-refractivity contribution >= 4 is 45.2 Å². The molecule has 0 unspecified atom stereocenters. The molecule has 0 aliphatic rings. The van der Waals surface area contributed by atoms with Crippen LogP contribution >= 0.6 is 11.8 Å². The summed E-state index contributed by atoms with van der Waals surface area (Å²) in [5, 5.41) is 13.0. The second-order valence-corrected chi connectivity index (χ2v) is 7.59. The van der Waals surface area contributed by atoms with E-state index < -0.39 is 0 Å². The fourth-order valence-corrected chi connectivity index (χ4v) is 4.11. The van der Waals surface area contributed by atoms with E-state index in [1.807, 2.05) is 12.1 Å². The van der Waals surface area contributed by atoms with Gasteiger partial charge in [0.05, 0.1) is 5.75 Å². The third-order valence-electron chi connectivity index (χ3n) is 4.70. The van der Waals surface area contributed by atoms with E-state index in [-0.39, 0.29) is 11.7 Å². The Balaban J connectivity index is 1.49. The van der Waals surface area contributed by atoms with Crippen LogP contribution in [0.2, 0.25) is 0 Å². The summed E-state index contributed by atoms with van der Waals surface area (Å²) in [5.41, 5.74) is 3.20. The molecule has 2 aromatic heterocycles. The van der Waals surface area contributed by atoms with Crippen LogP contribution in [0.15, 0.2) is 47.6 Å². The quantitative estimate of drug-likeness (QED) is 0.449. The van der Waals surface area contributed by atoms with Crippen molar-refractivity contribution in [2.24, 2.45) is 0 Å². The number of carbonyl (C=O) groups is 1. The predicted molar refractivity (Wildman–Crippen MR) is 115 cm³/mol. The van der Waals surface area contributed by atoms with Crippen LogP contribution in [0.5, 0.6) is 0 Å². The summed E-state index contributed by atoms with van der Waals surface area (Å²) >= 11 is 1.34. The van der Waals surface area contributed by atoms with E-state index in [0.717, 1.165) is 36.3 Å². The number of aromatic nitrogens is 4. The third kappa shape index (κ3) is 3.62. The Kier molecular flexibility index (Phi) is 5.34. The molecule has 0 aliphatic heterocycles. The highest BCUT2D eigenvalue weighted by Gasteiger charge is 2.12. The van der Waals surface area contributed by atoms with Crippen LogP contribution < -0.4 is 5.32 Å². The van der Waals surface area contributed by atoms with Gasteiger partial charge < -0.3 is 9.88 Å². The molecule has 0 fully saturated rings. The van der Waals surface area contributed by atoms with E-state index in [0.29, 0.717) is 5.16 Å². The highest BCUT2D eigenvalue weighted by Crippen LogP contribution is 2.31. The van der Waals surface area contributed by atoms with Gasteiger partial charge in [-0.2, -0.15) is 0 Å². The van der Waals surface area contributed by atoms with Crippen molar-refractivity contribution in [3.8, 4) is 0 Å². The number of H-pyrrole nitrogens is 1. The SMILES string of the molecule is CCCc1nc(SCC(=O)Nc2ccc3c(c2)c2ccccc2n3CC)n[nH]1. The second-order valence-electron chi connectivity index (χ2n) is 6.64. The summed E-state index contributed by atoms with van der Waals surface area (Å²) in [4.78, 5) is 16.8. The lowest BCUT2D eigenvalue weighted by atomic mass is 10.1. The van der Waals surface area contributed by atoms with Gasteiger partial charge in [0, 0.05) is 40.5 Å². The summed E-state index contributed by atoms with van der Waals surface area (Å²) in [6.07, 6.45) is 1.88. The Morgan fingerprint density at radius 1 is 1.14 bits per heavy atom. The monoisotopic (exact) mass is 393 g/mol. The summed E-state index contributed by atoms with van der Waals surface area (Å²) < 4.78 is 2.29. The average molecular weight is 394 g/mol. The average Bonchev–Trinajstić information content (AvgIpc) is 3.28. The molecule has 0 bridgehead atoms. The summed E-state index contributed by atoms with van der Waals surface area (Å²) in [6, 6.07) is 14.5. The Morgan fingerprint density at radius 2 is 1.96 bits per heavy atom. The van der Waals surface area contributed by atoms with Gasteiger partial charge in [-0.1, -0.05) is 36.9 Å². The van der Waals surface area contributed by atoms with Crippen LogP contribution in [0.1, 0.15) is 26.1 Å². The molecule has 1 amide bonds. The summed E-state index contributed by atoms with van der Waals surface area (Å²) in [5.74, 6) is 1.08. The maximum atomic E-state index is 12.4. The first-order valence-electron chi connectivity index (χ1n) is 9.54. The third-order valence-corrected chi connectivity index (χ3v) is 5.55. The van der Waals surface area contributed by atoms with Gasteiger partial charge in [-0.25, -0.2) is 4.98 Å². The zero-order valence-electron chi connectivity index (χ0n) is 16.0. The number of benzene rings is 2. The molecule has 7 heteroatoms. The smallest absolute Gasteiger partial charge is 0.234 e. The number of anilines is 1. The van der Waals surface area contributed by atoms with Crippen LogP contribution in [0, 0.1) is 0 Å². The van der Waals surface area contributed by atoms with Crippen molar-refractivity contribution in [3.63, 3.8) is 0 Å². The maximum Gasteiger partial charge on any atom is 0.234 e. The highest BCUT2D eigenvalue weighted by atomic mass is 32.2. The number of aryl methyl sites for hydroxylation is 2. The van der Waals surface area contributed by atoms with E-state index in [1.54, 1.807) is 0 Å². The molecule has 2 N–H and O–H groups in total. The minimum Gasteiger partial charge on any atom is -0.341 e. The molecule has 0 atom stereocenters. The maximum absolute atomic E-state index is 12.4. The normalized spacial score (nSPS) is 11.4. The van der Waals surface area contributed by atoms with E-state index in [1.165, 1.54) is 28.2 Å². The number of rotatable bonds is 7. The highest BCUT2D eigenvalue weighted by molar-refractivity contribution is 7.99. The van der Waals surface area contributed by atoms with Crippen LogP contribution in [0.4, 0.5) is 5.69 Å². The molecule has 0 radical (unpaired) electrons. The van der Waals surface area contributed by atoms with Crippen LogP contribution in [0.3, 0.4) is 0 Å². The number of hydrogen-bond acceptors (Lipinski definition) is 4. The van der Waals surface area contributed by atoms with Gasteiger partial charge in [0.2, 0.25) is 11.1 Å². The van der Waals surface area contributed by atoms with E-state index in [2.05, 4.69) is 69.2 Å². The second kappa shape index (κ2) is 8.06. The minimum absolute atomic E-state index is 0.0644. The van der Waals surface area contributed by atoms with Gasteiger partial charge in [0.25, 0.3) is 0 Å². The number of nitrogens with zero attached hydrogens (tertiary/aromatic N) is 3. The molecule has 0 saturated heterocycles. The lowest BCUT2D eigenvalue weighted by molar-refractivity contribution is -0.113. The van der Waals surface area contributed by atoms with Gasteiger partial charge in [-0.3, -0.25) is 9.89 Å². The molecule has 0 spiro atoms. The number of amides is 1. The minimum atomic E-state index is -0.0644. The molecule has 144 valence electrons. The number of hydrogen-bond donors (Lipinski definition) is 2. The zero-order chi connectivity index (χ0) is 19.5. The van der Waals surface area contributed by atoms with Gasteiger partial charge >= 0.3 is 0 Å². The van der Waals surface area contributed by atoms with Crippen molar-refractivity contribution in [1.82, 2.24) is 19.7 Å². The number of thioether (sulfide) groups is 1. The molecule has 4 rings (SSSR count). The van der Waals surface area contributed by atoms with E-state index in [4.69, 9.17) is 0 Å². The number of carbonyl (C=O) groups excluding carboxylic acids is 1. The van der Waals surface area contributed by atoms with Crippen LogP contribution in [-0.2, 0) is 17.8 Å². The Hall–Kier alpha value is -2.80. The molecule has 4 aromatic rings. The molecule has 2 aromatic carbocycles. The fourth-order valence-electron chi connectivity index (χ4n) is 3.49. The molecule has 0 aliphatic carbocycles. The first kappa shape index (κ1) is 18.6. The number of para-hydroxylation sites is 1. The molecule has 2 heterocycles. The van der Waals surface area contributed by atoms with Crippen molar-refractivity contribution in [1.29, 1.82) is 0 Å². The zero-order valence-corrected chi connectivity index (χ0v) is 16.8. The number of fused-ring (bicyclic) bond motifs is 3. The lowest BCUT2D eigenvalue weighted by Crippen LogP contribution is -2.14. The van der Waals surface area contributed by atoms with Gasteiger partial charge in [0.1, 0.15) is 5.82 Å². The summed E-state index contributed by atoms with van der Waals surface area (Å²) in [7, 11) is 0. The van der Waals surface area contributed by atoms with Gasteiger partial charge in [-0.15, -0.1) is 5.10 Å². The first-order chi connectivity index (χ1) is 13.7. The van der Waals surface area contributed by atoms with E-state index >= 15 is 0 Å². The molecule has 0 saturated carbocycles. The largest absolute Gasteiger partial charge is 0.341 e. The number of aromatic amines is 1. The van der Waals surface area contributed by atoms with Gasteiger partial charge in [0.15, 0.2) is 0 Å². The summed E-state index contributed by atoms with van der Waals surface area (Å²) in [6.45, 7) is 5.15. The van der Waals surface area contributed by atoms with Crippen molar-refractivity contribution in [2.75, 3.05) is 11.1 Å². The van der Waals surface area contributed by atoms with Crippen molar-refractivity contribution in [3.05, 3.63) is 48.3 Å². The predicted octanol–water partition coefficient (Wildman–Crippen LogP) is 4.62. The Labute approximate surface area is 167 Å². The van der Waals surface area contributed by atoms with Crippen molar-refractivity contribution in [2.45, 2.75) is 38.4 Å². The topological polar surface area (TPSA) is 75.6 Å². The Bertz CT molecular complexity index is 1130. The lowest BCUT2D eigenvalue weighted by Gasteiger charge is -2.06. The molecular weight excluding hydrogens is 370 g/mol. The van der Waals surface area contributed by atoms with E-state index in [9.17, 15) is 4.79 Å². The number of nitrogens with one attached hydrogen (secondary N) is 2. The van der Waals surface area contributed by atoms with Gasteiger partial charge in [-0.05, 0) is 37.6 Å². The molecule has 6 nitrogen and oxygen atoms in total. The standard InChI is InChI=1S/C21H23N5OS/c1-3-7-19-23-21(25-24-19)28-13-20(27)22-14-10-11-18-16(12-14)15-8-5-6-9-17(15)26(18)4-2/h5-6,8-12H,3-4,7,13H2,1-2H3,(H,22,27)(H,23,24,25). The Morgan fingerprint density at radius 3 is 2.79 bits per heavy atom. The fraction of sp³-hybridized carbons (Fsp3) is 0.286. The molecular formula is C21H23N5OS. The van der Waals surface area contributed by atoms with Crippen LogP contribution in [0.25, 0.3) is 21.8 Å². The molecule has 28 heavy (non-hydrogen) atoms.